The van der Waals surface area contributed by atoms with E-state index in [9.17, 15) is 4.79 Å². The van der Waals surface area contributed by atoms with E-state index in [4.69, 9.17) is 0 Å². The second-order valence-electron chi connectivity index (χ2n) is 5.32. The number of rotatable bonds is 6. The molecule has 0 aliphatic heterocycles. The van der Waals surface area contributed by atoms with Crippen LogP contribution in [0.3, 0.4) is 0 Å². The predicted molar refractivity (Wildman–Crippen MR) is 83.0 cm³/mol. The number of H-pyrrole nitrogens is 1. The molecule has 0 radical (unpaired) electrons. The lowest BCUT2D eigenvalue weighted by molar-refractivity contribution is 0.0759. The predicted octanol–water partition coefficient (Wildman–Crippen LogP) is 2.58. The van der Waals surface area contributed by atoms with Crippen molar-refractivity contribution < 1.29 is 4.79 Å². The molecule has 1 heterocycles. The van der Waals surface area contributed by atoms with E-state index in [0.29, 0.717) is 0 Å². The molecule has 0 unspecified atom stereocenters. The average Bonchev–Trinajstić information content (AvgIpc) is 2.90. The van der Waals surface area contributed by atoms with E-state index >= 15 is 0 Å². The van der Waals surface area contributed by atoms with Crippen LogP contribution in [0.2, 0.25) is 0 Å². The van der Waals surface area contributed by atoms with E-state index in [1.54, 1.807) is 0 Å². The standard InChI is InChI=1S/C16H23N3O/c1-4-19(11-5-10-18(2)3)16(20)14-6-7-15-13(12-14)8-9-17-15/h6-9,12,17H,4-5,10-11H2,1-3H3. The fourth-order valence-electron chi connectivity index (χ4n) is 2.35. The molecule has 2 aromatic rings. The van der Waals surface area contributed by atoms with Crippen LogP contribution in [0, 0.1) is 0 Å². The summed E-state index contributed by atoms with van der Waals surface area (Å²) < 4.78 is 0. The van der Waals surface area contributed by atoms with Crippen LogP contribution in [0.15, 0.2) is 30.5 Å². The number of benzene rings is 1. The van der Waals surface area contributed by atoms with Crippen LogP contribution in [0.1, 0.15) is 23.7 Å². The maximum atomic E-state index is 12.5. The maximum Gasteiger partial charge on any atom is 0.253 e. The molecule has 1 amide bonds. The summed E-state index contributed by atoms with van der Waals surface area (Å²) in [5.41, 5.74) is 1.83. The zero-order valence-electron chi connectivity index (χ0n) is 12.5. The second-order valence-corrected chi connectivity index (χ2v) is 5.32. The lowest BCUT2D eigenvalue weighted by atomic mass is 10.1. The molecule has 0 saturated heterocycles. The molecule has 0 atom stereocenters. The number of carbonyl (C=O) groups is 1. The summed E-state index contributed by atoms with van der Waals surface area (Å²) in [4.78, 5) is 19.7. The van der Waals surface area contributed by atoms with Crippen LogP contribution >= 0.6 is 0 Å². The molecule has 0 spiro atoms. The van der Waals surface area contributed by atoms with Gasteiger partial charge in [-0.25, -0.2) is 0 Å². The summed E-state index contributed by atoms with van der Waals surface area (Å²) in [6.45, 7) is 4.58. The van der Waals surface area contributed by atoms with Crippen molar-refractivity contribution in [2.45, 2.75) is 13.3 Å². The third-order valence-electron chi connectivity index (χ3n) is 3.50. The van der Waals surface area contributed by atoms with Gasteiger partial charge in [0, 0.05) is 35.8 Å². The third-order valence-corrected chi connectivity index (χ3v) is 3.50. The van der Waals surface area contributed by atoms with Gasteiger partial charge in [0.1, 0.15) is 0 Å². The number of hydrogen-bond acceptors (Lipinski definition) is 2. The summed E-state index contributed by atoms with van der Waals surface area (Å²) >= 11 is 0. The van der Waals surface area contributed by atoms with Crippen LogP contribution in [-0.4, -0.2) is 54.4 Å². The van der Waals surface area contributed by atoms with Crippen molar-refractivity contribution in [2.24, 2.45) is 0 Å². The first-order valence-corrected chi connectivity index (χ1v) is 7.13. The molecule has 1 aromatic heterocycles. The van der Waals surface area contributed by atoms with E-state index in [-0.39, 0.29) is 5.91 Å². The molecule has 0 fully saturated rings. The topological polar surface area (TPSA) is 39.3 Å². The van der Waals surface area contributed by atoms with Gasteiger partial charge < -0.3 is 14.8 Å². The molecular formula is C16H23N3O. The first-order valence-electron chi connectivity index (χ1n) is 7.13. The highest BCUT2D eigenvalue weighted by molar-refractivity contribution is 5.98. The normalized spacial score (nSPS) is 11.2. The van der Waals surface area contributed by atoms with Crippen molar-refractivity contribution in [2.75, 3.05) is 33.7 Å². The van der Waals surface area contributed by atoms with Gasteiger partial charge in [-0.3, -0.25) is 4.79 Å². The fourth-order valence-corrected chi connectivity index (χ4v) is 2.35. The molecule has 1 N–H and O–H groups in total. The number of aromatic nitrogens is 1. The van der Waals surface area contributed by atoms with Crippen molar-refractivity contribution in [1.82, 2.24) is 14.8 Å². The molecule has 0 saturated carbocycles. The highest BCUT2D eigenvalue weighted by atomic mass is 16.2. The quantitative estimate of drug-likeness (QED) is 0.878. The molecule has 1 aromatic carbocycles. The number of amides is 1. The molecule has 108 valence electrons. The Morgan fingerprint density at radius 1 is 1.20 bits per heavy atom. The van der Waals surface area contributed by atoms with Crippen LogP contribution in [-0.2, 0) is 0 Å². The third kappa shape index (κ3) is 3.39. The molecule has 4 heteroatoms. The zero-order valence-corrected chi connectivity index (χ0v) is 12.5. The monoisotopic (exact) mass is 273 g/mol. The molecule has 4 nitrogen and oxygen atoms in total. The minimum atomic E-state index is 0.120. The number of aromatic amines is 1. The SMILES string of the molecule is CCN(CCCN(C)C)C(=O)c1ccc2[nH]ccc2c1. The molecular weight excluding hydrogens is 250 g/mol. The first-order chi connectivity index (χ1) is 9.61. The first kappa shape index (κ1) is 14.6. The smallest absolute Gasteiger partial charge is 0.253 e. The van der Waals surface area contributed by atoms with Gasteiger partial charge in [0.15, 0.2) is 0 Å². The number of carbonyl (C=O) groups excluding carboxylic acids is 1. The van der Waals surface area contributed by atoms with Crippen molar-refractivity contribution in [3.63, 3.8) is 0 Å². The minimum absolute atomic E-state index is 0.120. The van der Waals surface area contributed by atoms with E-state index in [1.165, 1.54) is 0 Å². The van der Waals surface area contributed by atoms with Crippen molar-refractivity contribution in [3.8, 4) is 0 Å². The van der Waals surface area contributed by atoms with Crippen molar-refractivity contribution in [3.05, 3.63) is 36.0 Å². The van der Waals surface area contributed by atoms with Gasteiger partial charge in [0.25, 0.3) is 5.91 Å². The summed E-state index contributed by atoms with van der Waals surface area (Å²) in [5.74, 6) is 0.120. The van der Waals surface area contributed by atoms with Crippen LogP contribution in [0.4, 0.5) is 0 Å². The van der Waals surface area contributed by atoms with E-state index in [0.717, 1.165) is 42.5 Å². The van der Waals surface area contributed by atoms with E-state index in [1.807, 2.05) is 42.3 Å². The van der Waals surface area contributed by atoms with Crippen LogP contribution in [0.25, 0.3) is 10.9 Å². The van der Waals surface area contributed by atoms with E-state index in [2.05, 4.69) is 24.0 Å². The number of fused-ring (bicyclic) bond motifs is 1. The Morgan fingerprint density at radius 3 is 2.70 bits per heavy atom. The number of nitrogens with zero attached hydrogens (tertiary/aromatic N) is 2. The Balaban J connectivity index is 2.06. The Bertz CT molecular complexity index is 574. The van der Waals surface area contributed by atoms with Gasteiger partial charge in [0.05, 0.1) is 0 Å². The molecule has 20 heavy (non-hydrogen) atoms. The van der Waals surface area contributed by atoms with Crippen LogP contribution < -0.4 is 0 Å². The summed E-state index contributed by atoms with van der Waals surface area (Å²) in [6.07, 6.45) is 2.90. The largest absolute Gasteiger partial charge is 0.361 e. The molecule has 2 rings (SSSR count). The lowest BCUT2D eigenvalue weighted by Gasteiger charge is -2.22. The van der Waals surface area contributed by atoms with Gasteiger partial charge in [-0.15, -0.1) is 0 Å². The van der Waals surface area contributed by atoms with Gasteiger partial charge in [-0.1, -0.05) is 0 Å². The summed E-state index contributed by atoms with van der Waals surface area (Å²) in [6, 6.07) is 7.82. The Morgan fingerprint density at radius 2 is 2.00 bits per heavy atom. The number of nitrogens with one attached hydrogen (secondary N) is 1. The molecule has 0 bridgehead atoms. The second kappa shape index (κ2) is 6.57. The Kier molecular flexibility index (Phi) is 4.79. The Hall–Kier alpha value is -1.81. The van der Waals surface area contributed by atoms with Crippen molar-refractivity contribution >= 4 is 16.8 Å². The van der Waals surface area contributed by atoms with Gasteiger partial charge >= 0.3 is 0 Å². The number of hydrogen-bond donors (Lipinski definition) is 1. The minimum Gasteiger partial charge on any atom is -0.361 e. The molecule has 0 aliphatic carbocycles. The van der Waals surface area contributed by atoms with Gasteiger partial charge in [-0.05, 0) is 58.3 Å². The van der Waals surface area contributed by atoms with Crippen LogP contribution in [0.5, 0.6) is 0 Å². The maximum absolute atomic E-state index is 12.5. The van der Waals surface area contributed by atoms with Gasteiger partial charge in [0.2, 0.25) is 0 Å². The molecule has 0 aliphatic rings. The lowest BCUT2D eigenvalue weighted by Crippen LogP contribution is -2.33. The summed E-state index contributed by atoms with van der Waals surface area (Å²) in [7, 11) is 4.11. The van der Waals surface area contributed by atoms with Gasteiger partial charge in [-0.2, -0.15) is 0 Å². The van der Waals surface area contributed by atoms with E-state index < -0.39 is 0 Å². The van der Waals surface area contributed by atoms with Crippen molar-refractivity contribution in [1.29, 1.82) is 0 Å². The average molecular weight is 273 g/mol. The highest BCUT2D eigenvalue weighted by Crippen LogP contribution is 2.16. The zero-order chi connectivity index (χ0) is 14.5. The summed E-state index contributed by atoms with van der Waals surface area (Å²) in [5, 5.41) is 1.08. The Labute approximate surface area is 120 Å². The highest BCUT2D eigenvalue weighted by Gasteiger charge is 2.14. The fraction of sp³-hybridized carbons (Fsp3) is 0.438.